The maximum Gasteiger partial charge on any atom is 0.418 e. The van der Waals surface area contributed by atoms with Crippen LogP contribution in [0.2, 0.25) is 0 Å². The maximum absolute atomic E-state index is 12.6. The van der Waals surface area contributed by atoms with Gasteiger partial charge in [-0.15, -0.1) is 0 Å². The number of nitrogens with two attached hydrogens (primary N) is 1. The van der Waals surface area contributed by atoms with E-state index >= 15 is 0 Å². The predicted octanol–water partition coefficient (Wildman–Crippen LogP) is 2.93. The van der Waals surface area contributed by atoms with Crippen LogP contribution in [-0.2, 0) is 6.18 Å². The van der Waals surface area contributed by atoms with Gasteiger partial charge in [-0.05, 0) is 22.0 Å². The highest BCUT2D eigenvalue weighted by Crippen LogP contribution is 2.42. The van der Waals surface area contributed by atoms with Gasteiger partial charge in [0, 0.05) is 4.47 Å². The van der Waals surface area contributed by atoms with Crippen molar-refractivity contribution in [2.24, 2.45) is 0 Å². The van der Waals surface area contributed by atoms with Gasteiger partial charge in [0.05, 0.1) is 23.9 Å². The second-order valence-corrected chi connectivity index (χ2v) is 3.69. The fourth-order valence-electron chi connectivity index (χ4n) is 1.20. The summed E-state index contributed by atoms with van der Waals surface area (Å²) in [5.74, 6) is 0.0245. The van der Waals surface area contributed by atoms with Crippen LogP contribution < -0.4 is 10.5 Å². The molecule has 0 fully saturated rings. The summed E-state index contributed by atoms with van der Waals surface area (Å²) in [6.07, 6.45) is -4.65. The molecule has 86 valence electrons. The second-order valence-electron chi connectivity index (χ2n) is 2.83. The number of rotatable bonds is 1. The number of nitrogen functional groups attached to an aromatic ring is 1. The van der Waals surface area contributed by atoms with Gasteiger partial charge in [-0.2, -0.15) is 18.4 Å². The minimum atomic E-state index is -4.65. The Morgan fingerprint density at radius 2 is 2.06 bits per heavy atom. The SMILES string of the molecule is COc1cc(Br)c(C(F)(F)F)c(C#N)c1N. The molecule has 0 heterocycles. The molecule has 0 aromatic heterocycles. The number of nitrogens with zero attached hydrogens (tertiary/aromatic N) is 1. The van der Waals surface area contributed by atoms with Crippen molar-refractivity contribution in [1.29, 1.82) is 5.26 Å². The number of methoxy groups -OCH3 is 1. The lowest BCUT2D eigenvalue weighted by Crippen LogP contribution is -2.11. The molecule has 16 heavy (non-hydrogen) atoms. The average molecular weight is 295 g/mol. The Morgan fingerprint density at radius 3 is 2.44 bits per heavy atom. The van der Waals surface area contributed by atoms with Gasteiger partial charge in [-0.1, -0.05) is 0 Å². The molecule has 0 spiro atoms. The van der Waals surface area contributed by atoms with Crippen LogP contribution in [0.25, 0.3) is 0 Å². The monoisotopic (exact) mass is 294 g/mol. The van der Waals surface area contributed by atoms with Crippen LogP contribution in [0.15, 0.2) is 10.5 Å². The number of nitriles is 1. The zero-order valence-corrected chi connectivity index (χ0v) is 9.61. The fraction of sp³-hybridized carbons (Fsp3) is 0.222. The smallest absolute Gasteiger partial charge is 0.418 e. The highest BCUT2D eigenvalue weighted by atomic mass is 79.9. The van der Waals surface area contributed by atoms with Gasteiger partial charge >= 0.3 is 6.18 Å². The lowest BCUT2D eigenvalue weighted by Gasteiger charge is -2.15. The molecule has 1 aromatic carbocycles. The largest absolute Gasteiger partial charge is 0.495 e. The van der Waals surface area contributed by atoms with Crippen molar-refractivity contribution in [3.8, 4) is 11.8 Å². The van der Waals surface area contributed by atoms with Gasteiger partial charge in [0.15, 0.2) is 0 Å². The maximum atomic E-state index is 12.6. The Kier molecular flexibility index (Phi) is 3.33. The summed E-state index contributed by atoms with van der Waals surface area (Å²) in [5.41, 5.74) is 3.35. The zero-order valence-electron chi connectivity index (χ0n) is 8.02. The van der Waals surface area contributed by atoms with E-state index in [1.165, 1.54) is 13.2 Å². The summed E-state index contributed by atoms with van der Waals surface area (Å²) in [7, 11) is 1.26. The first-order chi connectivity index (χ1) is 7.32. The van der Waals surface area contributed by atoms with Crippen molar-refractivity contribution in [3.63, 3.8) is 0 Å². The molecule has 1 aromatic rings. The van der Waals surface area contributed by atoms with Crippen LogP contribution in [0.4, 0.5) is 18.9 Å². The van der Waals surface area contributed by atoms with Crippen molar-refractivity contribution in [2.75, 3.05) is 12.8 Å². The lowest BCUT2D eigenvalue weighted by atomic mass is 10.1. The molecular formula is C9H6BrF3N2O. The van der Waals surface area contributed by atoms with Crippen LogP contribution in [0, 0.1) is 11.3 Å². The molecular weight excluding hydrogens is 289 g/mol. The summed E-state index contributed by atoms with van der Waals surface area (Å²) in [5, 5.41) is 8.70. The van der Waals surface area contributed by atoms with Gasteiger partial charge in [-0.25, -0.2) is 0 Å². The summed E-state index contributed by atoms with van der Waals surface area (Å²) in [6.45, 7) is 0. The lowest BCUT2D eigenvalue weighted by molar-refractivity contribution is -0.138. The molecule has 2 N–H and O–H groups in total. The third-order valence-corrected chi connectivity index (χ3v) is 2.52. The minimum Gasteiger partial charge on any atom is -0.495 e. The number of anilines is 1. The van der Waals surface area contributed by atoms with E-state index in [1.807, 2.05) is 0 Å². The van der Waals surface area contributed by atoms with E-state index in [9.17, 15) is 13.2 Å². The molecule has 0 saturated carbocycles. The Morgan fingerprint density at radius 1 is 1.50 bits per heavy atom. The molecule has 1 rings (SSSR count). The molecule has 7 heteroatoms. The van der Waals surface area contributed by atoms with E-state index in [1.54, 1.807) is 0 Å². The van der Waals surface area contributed by atoms with Crippen LogP contribution >= 0.6 is 15.9 Å². The van der Waals surface area contributed by atoms with Crippen molar-refractivity contribution in [2.45, 2.75) is 6.18 Å². The van der Waals surface area contributed by atoms with E-state index in [0.717, 1.165) is 6.07 Å². The number of alkyl halides is 3. The third kappa shape index (κ3) is 2.07. The number of hydrogen-bond acceptors (Lipinski definition) is 3. The zero-order chi connectivity index (χ0) is 12.5. The first kappa shape index (κ1) is 12.6. The van der Waals surface area contributed by atoms with Crippen molar-refractivity contribution >= 4 is 21.6 Å². The van der Waals surface area contributed by atoms with Gasteiger partial charge in [-0.3, -0.25) is 0 Å². The van der Waals surface area contributed by atoms with Crippen LogP contribution in [-0.4, -0.2) is 7.11 Å². The van der Waals surface area contributed by atoms with Crippen molar-refractivity contribution in [3.05, 3.63) is 21.7 Å². The van der Waals surface area contributed by atoms with E-state index in [-0.39, 0.29) is 15.9 Å². The number of benzene rings is 1. The molecule has 0 amide bonds. The van der Waals surface area contributed by atoms with Crippen LogP contribution in [0.5, 0.6) is 5.75 Å². The van der Waals surface area contributed by atoms with Gasteiger partial charge in [0.25, 0.3) is 0 Å². The Balaban J connectivity index is 3.65. The van der Waals surface area contributed by atoms with Gasteiger partial charge in [0.2, 0.25) is 0 Å². The molecule has 0 aliphatic heterocycles. The highest BCUT2D eigenvalue weighted by Gasteiger charge is 2.37. The minimum absolute atomic E-state index is 0.0245. The molecule has 0 aliphatic carbocycles. The molecule has 0 radical (unpaired) electrons. The van der Waals surface area contributed by atoms with Crippen LogP contribution in [0.3, 0.4) is 0 Å². The molecule has 0 atom stereocenters. The Bertz CT molecular complexity index is 465. The first-order valence-corrected chi connectivity index (χ1v) is 4.75. The van der Waals surface area contributed by atoms with E-state index in [2.05, 4.69) is 15.9 Å². The van der Waals surface area contributed by atoms with Gasteiger partial charge in [0.1, 0.15) is 11.8 Å². The quantitative estimate of drug-likeness (QED) is 0.810. The first-order valence-electron chi connectivity index (χ1n) is 3.96. The van der Waals surface area contributed by atoms with Crippen molar-refractivity contribution in [1.82, 2.24) is 0 Å². The number of hydrogen-bond donors (Lipinski definition) is 1. The standard InChI is InChI=1S/C9H6BrF3N2O/c1-16-6-2-5(10)7(9(11,12)13)4(3-14)8(6)15/h2H,15H2,1H3. The van der Waals surface area contributed by atoms with E-state index in [4.69, 9.17) is 15.7 Å². The Labute approximate surface area is 97.7 Å². The summed E-state index contributed by atoms with van der Waals surface area (Å²) in [4.78, 5) is 0. The van der Waals surface area contributed by atoms with E-state index < -0.39 is 17.3 Å². The molecule has 0 unspecified atom stereocenters. The fourth-order valence-corrected chi connectivity index (χ4v) is 1.84. The van der Waals surface area contributed by atoms with Crippen LogP contribution in [0.1, 0.15) is 11.1 Å². The van der Waals surface area contributed by atoms with Gasteiger partial charge < -0.3 is 10.5 Å². The predicted molar refractivity (Wildman–Crippen MR) is 54.8 cm³/mol. The molecule has 0 saturated heterocycles. The summed E-state index contributed by atoms with van der Waals surface area (Å²) in [6, 6.07) is 2.51. The highest BCUT2D eigenvalue weighted by molar-refractivity contribution is 9.10. The molecule has 0 aliphatic rings. The third-order valence-electron chi connectivity index (χ3n) is 1.90. The molecule has 3 nitrogen and oxygen atoms in total. The average Bonchev–Trinajstić information content (AvgIpc) is 2.18. The number of ether oxygens (including phenoxy) is 1. The Hall–Kier alpha value is -1.42. The number of halogens is 4. The normalized spacial score (nSPS) is 11.0. The topological polar surface area (TPSA) is 59.0 Å². The van der Waals surface area contributed by atoms with Crippen molar-refractivity contribution < 1.29 is 17.9 Å². The summed E-state index contributed by atoms with van der Waals surface area (Å²) >= 11 is 2.74. The molecule has 0 bridgehead atoms. The second kappa shape index (κ2) is 4.22. The van der Waals surface area contributed by atoms with E-state index in [0.29, 0.717) is 0 Å². The summed E-state index contributed by atoms with van der Waals surface area (Å²) < 4.78 is 42.4.